The number of rotatable bonds is 7. The monoisotopic (exact) mass is 280 g/mol. The maximum Gasteiger partial charge on any atom is 0.227 e. The van der Waals surface area contributed by atoms with Gasteiger partial charge in [-0.15, -0.1) is 0 Å². The smallest absolute Gasteiger partial charge is 0.227 e. The third kappa shape index (κ3) is 4.08. The highest BCUT2D eigenvalue weighted by Crippen LogP contribution is 2.14. The van der Waals surface area contributed by atoms with Gasteiger partial charge in [-0.1, -0.05) is 6.92 Å². The Kier molecular flexibility index (Phi) is 5.61. The van der Waals surface area contributed by atoms with Crippen molar-refractivity contribution < 1.29 is 13.9 Å². The van der Waals surface area contributed by atoms with Gasteiger partial charge < -0.3 is 19.8 Å². The summed E-state index contributed by atoms with van der Waals surface area (Å²) in [7, 11) is 0. The topological polar surface area (TPSA) is 63.5 Å². The van der Waals surface area contributed by atoms with E-state index in [1.54, 1.807) is 6.26 Å². The summed E-state index contributed by atoms with van der Waals surface area (Å²) in [5, 5.41) is 6.37. The van der Waals surface area contributed by atoms with Crippen LogP contribution in [0.4, 0.5) is 0 Å². The molecule has 0 bridgehead atoms. The van der Waals surface area contributed by atoms with Gasteiger partial charge in [0.2, 0.25) is 5.91 Å². The van der Waals surface area contributed by atoms with Crippen LogP contribution in [0.5, 0.6) is 0 Å². The van der Waals surface area contributed by atoms with Crippen LogP contribution in [0, 0.1) is 5.92 Å². The van der Waals surface area contributed by atoms with Crippen LogP contribution < -0.4 is 10.6 Å². The lowest BCUT2D eigenvalue weighted by atomic mass is 10.0. The fraction of sp³-hybridized carbons (Fsp3) is 0.667. The minimum absolute atomic E-state index is 0.0824. The van der Waals surface area contributed by atoms with E-state index in [-0.39, 0.29) is 23.9 Å². The van der Waals surface area contributed by atoms with E-state index in [9.17, 15) is 4.79 Å². The molecule has 5 heteroatoms. The molecule has 20 heavy (non-hydrogen) atoms. The van der Waals surface area contributed by atoms with Crippen molar-refractivity contribution in [3.8, 4) is 0 Å². The van der Waals surface area contributed by atoms with Gasteiger partial charge in [0.05, 0.1) is 25.4 Å². The van der Waals surface area contributed by atoms with Crippen molar-refractivity contribution in [3.63, 3.8) is 0 Å². The molecule has 1 amide bonds. The van der Waals surface area contributed by atoms with Crippen LogP contribution in [0.15, 0.2) is 22.8 Å². The number of carbonyl (C=O) groups is 1. The predicted molar refractivity (Wildman–Crippen MR) is 76.4 cm³/mol. The van der Waals surface area contributed by atoms with Crippen molar-refractivity contribution in [3.05, 3.63) is 24.2 Å². The van der Waals surface area contributed by atoms with E-state index in [0.717, 1.165) is 25.1 Å². The fourth-order valence-corrected chi connectivity index (χ4v) is 2.51. The second-order valence-electron chi connectivity index (χ2n) is 5.34. The lowest BCUT2D eigenvalue weighted by molar-refractivity contribution is -0.126. The summed E-state index contributed by atoms with van der Waals surface area (Å²) in [5.41, 5.74) is 0. The van der Waals surface area contributed by atoms with Crippen molar-refractivity contribution in [2.45, 2.75) is 38.8 Å². The largest absolute Gasteiger partial charge is 0.469 e. The Morgan fingerprint density at radius 1 is 1.50 bits per heavy atom. The number of nitrogens with one attached hydrogen (secondary N) is 2. The van der Waals surface area contributed by atoms with Gasteiger partial charge in [0.1, 0.15) is 5.76 Å². The van der Waals surface area contributed by atoms with Crippen molar-refractivity contribution in [1.82, 2.24) is 10.6 Å². The molecule has 0 spiro atoms. The van der Waals surface area contributed by atoms with Crippen LogP contribution in [-0.2, 0) is 16.0 Å². The second kappa shape index (κ2) is 7.45. The summed E-state index contributed by atoms with van der Waals surface area (Å²) in [6, 6.07) is 4.11. The van der Waals surface area contributed by atoms with Gasteiger partial charge >= 0.3 is 0 Å². The average Bonchev–Trinajstić information content (AvgIpc) is 3.07. The lowest BCUT2D eigenvalue weighted by Crippen LogP contribution is -2.46. The molecule has 2 heterocycles. The molecular weight excluding hydrogens is 256 g/mol. The highest BCUT2D eigenvalue weighted by Gasteiger charge is 2.33. The van der Waals surface area contributed by atoms with E-state index in [0.29, 0.717) is 13.2 Å². The summed E-state index contributed by atoms with van der Waals surface area (Å²) in [4.78, 5) is 12.2. The van der Waals surface area contributed by atoms with Crippen molar-refractivity contribution in [1.29, 1.82) is 0 Å². The van der Waals surface area contributed by atoms with E-state index in [1.165, 1.54) is 0 Å². The standard InChI is InChI=1S/C15H24N2O3/c1-3-16-14-10-19-9-13(14)15(18)17-11(2)6-7-12-5-4-8-20-12/h4-5,8,11,13-14,16H,3,6-7,9-10H2,1-2H3,(H,17,18). The van der Waals surface area contributed by atoms with E-state index >= 15 is 0 Å². The van der Waals surface area contributed by atoms with E-state index < -0.39 is 0 Å². The molecule has 2 rings (SSSR count). The quantitative estimate of drug-likeness (QED) is 0.791. The average molecular weight is 280 g/mol. The van der Waals surface area contributed by atoms with Crippen molar-refractivity contribution in [2.75, 3.05) is 19.8 Å². The highest BCUT2D eigenvalue weighted by atomic mass is 16.5. The van der Waals surface area contributed by atoms with Gasteiger partial charge in [-0.05, 0) is 32.0 Å². The Bertz CT molecular complexity index is 405. The summed E-state index contributed by atoms with van der Waals surface area (Å²) < 4.78 is 10.7. The molecule has 0 saturated carbocycles. The molecule has 0 radical (unpaired) electrons. The van der Waals surface area contributed by atoms with Crippen LogP contribution in [-0.4, -0.2) is 37.7 Å². The molecule has 1 aromatic rings. The van der Waals surface area contributed by atoms with Crippen LogP contribution in [0.2, 0.25) is 0 Å². The fourth-order valence-electron chi connectivity index (χ4n) is 2.51. The first-order valence-electron chi connectivity index (χ1n) is 7.34. The zero-order chi connectivity index (χ0) is 14.4. The highest BCUT2D eigenvalue weighted by molar-refractivity contribution is 5.80. The molecule has 0 aliphatic carbocycles. The molecular formula is C15H24N2O3. The third-order valence-corrected chi connectivity index (χ3v) is 3.68. The second-order valence-corrected chi connectivity index (χ2v) is 5.34. The summed E-state index contributed by atoms with van der Waals surface area (Å²) in [6.45, 7) is 6.05. The van der Waals surface area contributed by atoms with E-state index in [4.69, 9.17) is 9.15 Å². The zero-order valence-corrected chi connectivity index (χ0v) is 12.2. The van der Waals surface area contributed by atoms with Gasteiger partial charge in [0, 0.05) is 18.5 Å². The maximum absolute atomic E-state index is 12.2. The van der Waals surface area contributed by atoms with Gasteiger partial charge in [0.15, 0.2) is 0 Å². The molecule has 1 aliphatic heterocycles. The molecule has 1 aromatic heterocycles. The van der Waals surface area contributed by atoms with Crippen molar-refractivity contribution >= 4 is 5.91 Å². The minimum Gasteiger partial charge on any atom is -0.469 e. The molecule has 3 unspecified atom stereocenters. The van der Waals surface area contributed by atoms with Gasteiger partial charge in [-0.2, -0.15) is 0 Å². The van der Waals surface area contributed by atoms with Crippen LogP contribution in [0.3, 0.4) is 0 Å². The number of hydrogen-bond acceptors (Lipinski definition) is 4. The van der Waals surface area contributed by atoms with Crippen LogP contribution >= 0.6 is 0 Å². The molecule has 1 aliphatic rings. The predicted octanol–water partition coefficient (Wildman–Crippen LogP) is 1.34. The molecule has 3 atom stereocenters. The number of amides is 1. The van der Waals surface area contributed by atoms with E-state index in [1.807, 2.05) is 26.0 Å². The summed E-state index contributed by atoms with van der Waals surface area (Å²) in [5.74, 6) is 0.960. The maximum atomic E-state index is 12.2. The Labute approximate surface area is 120 Å². The third-order valence-electron chi connectivity index (χ3n) is 3.68. The number of ether oxygens (including phenoxy) is 1. The molecule has 1 fully saturated rings. The van der Waals surface area contributed by atoms with E-state index in [2.05, 4.69) is 10.6 Å². The number of carbonyl (C=O) groups excluding carboxylic acids is 1. The molecule has 112 valence electrons. The molecule has 1 saturated heterocycles. The Balaban J connectivity index is 1.75. The van der Waals surface area contributed by atoms with Crippen LogP contribution in [0.25, 0.3) is 0 Å². The minimum atomic E-state index is -0.0824. The summed E-state index contributed by atoms with van der Waals surface area (Å²) >= 11 is 0. The summed E-state index contributed by atoms with van der Waals surface area (Å²) in [6.07, 6.45) is 3.39. The number of aryl methyl sites for hydroxylation is 1. The lowest BCUT2D eigenvalue weighted by Gasteiger charge is -2.20. The zero-order valence-electron chi connectivity index (χ0n) is 12.2. The number of likely N-dealkylation sites (N-methyl/N-ethyl adjacent to an activating group) is 1. The first kappa shape index (κ1) is 15.1. The van der Waals surface area contributed by atoms with Gasteiger partial charge in [-0.3, -0.25) is 4.79 Å². The normalized spacial score (nSPS) is 23.7. The number of hydrogen-bond donors (Lipinski definition) is 2. The Morgan fingerprint density at radius 3 is 3.05 bits per heavy atom. The number of furan rings is 1. The van der Waals surface area contributed by atoms with Gasteiger partial charge in [0.25, 0.3) is 0 Å². The Hall–Kier alpha value is -1.33. The van der Waals surface area contributed by atoms with Gasteiger partial charge in [-0.25, -0.2) is 0 Å². The molecule has 0 aromatic carbocycles. The molecule has 2 N–H and O–H groups in total. The molecule has 5 nitrogen and oxygen atoms in total. The first-order chi connectivity index (χ1) is 9.70. The Morgan fingerprint density at radius 2 is 2.35 bits per heavy atom. The SMILES string of the molecule is CCNC1COCC1C(=O)NC(C)CCc1ccco1. The van der Waals surface area contributed by atoms with Crippen molar-refractivity contribution in [2.24, 2.45) is 5.92 Å². The first-order valence-corrected chi connectivity index (χ1v) is 7.34. The van der Waals surface area contributed by atoms with Crippen LogP contribution in [0.1, 0.15) is 26.0 Å².